The first-order valence-corrected chi connectivity index (χ1v) is 20.7. The molecule has 304 valence electrons. The third kappa shape index (κ3) is 6.84. The van der Waals surface area contributed by atoms with Crippen molar-refractivity contribution in [3.05, 3.63) is 43.0 Å². The third-order valence-corrected chi connectivity index (χ3v) is 14.7. The highest BCUT2D eigenvalue weighted by Crippen LogP contribution is 2.88. The summed E-state index contributed by atoms with van der Waals surface area (Å²) in [5.74, 6) is -3.14. The van der Waals surface area contributed by atoms with Gasteiger partial charge in [-0.25, -0.2) is 17.9 Å². The Kier molecular flexibility index (Phi) is 10.2. The maximum atomic E-state index is 15.1. The Morgan fingerprint density at radius 1 is 0.927 bits per heavy atom. The summed E-state index contributed by atoms with van der Waals surface area (Å²) in [6.07, 6.45) is 3.67. The first kappa shape index (κ1) is 42.2. The molecular weight excluding hydrogens is 723 g/mol. The minimum absolute atomic E-state index is 0.0673. The Morgan fingerprint density at radius 3 is 1.93 bits per heavy atom. The van der Waals surface area contributed by atoms with Gasteiger partial charge < -0.3 is 20.6 Å². The zero-order chi connectivity index (χ0) is 41.5. The number of hydrogen-bond acceptors (Lipinski definition) is 7. The molecule has 0 aromatic heterocycles. The monoisotopic (exact) mass is 783 g/mol. The summed E-state index contributed by atoms with van der Waals surface area (Å²) in [5.41, 5.74) is -4.92. The van der Waals surface area contributed by atoms with E-state index in [1.807, 2.05) is 0 Å². The first-order chi connectivity index (χ1) is 25.0. The molecule has 3 saturated carbocycles. The predicted octanol–water partition coefficient (Wildman–Crippen LogP) is 5.07. The Balaban J connectivity index is 1.49. The third-order valence-electron chi connectivity index (χ3n) is 13.4. The van der Waals surface area contributed by atoms with Crippen LogP contribution in [0.3, 0.4) is 0 Å². The summed E-state index contributed by atoms with van der Waals surface area (Å²) < 4.78 is 28.5. The van der Waals surface area contributed by atoms with Crippen LogP contribution in [0.5, 0.6) is 0 Å². The minimum Gasteiger partial charge on any atom is -0.465 e. The molecule has 3 aliphatic carbocycles. The van der Waals surface area contributed by atoms with Crippen molar-refractivity contribution in [2.45, 2.75) is 142 Å². The van der Waals surface area contributed by atoms with Crippen molar-refractivity contribution < 1.29 is 37.5 Å². The summed E-state index contributed by atoms with van der Waals surface area (Å²) in [7, 11) is -4.26. The number of nitrogens with zero attached hydrogens (tertiary/aromatic N) is 2. The van der Waals surface area contributed by atoms with Gasteiger partial charge in [0, 0.05) is 23.4 Å². The van der Waals surface area contributed by atoms with E-state index in [-0.39, 0.29) is 28.7 Å². The molecule has 4 N–H and O–H groups in total. The molecule has 14 heteroatoms. The number of hydrogen-bond donors (Lipinski definition) is 4. The molecule has 0 bridgehead atoms. The van der Waals surface area contributed by atoms with E-state index in [4.69, 9.17) is 0 Å². The molecule has 1 saturated heterocycles. The molecule has 5 rings (SSSR count). The second kappa shape index (κ2) is 13.3. The zero-order valence-corrected chi connectivity index (χ0v) is 35.1. The second-order valence-electron chi connectivity index (χ2n) is 20.0. The van der Waals surface area contributed by atoms with Gasteiger partial charge in [0.05, 0.1) is 4.90 Å². The SMILES string of the molecule is C=C[C@@H]1CC1(NC(=O)[C@@H]1C[C@@]2(CN1C(=O)C(NC(=O)[C@@H](N(C(=O)O)C(C)(C)C)C(C)(C)C)C(C)(C)C)C(C)(C)C21CCC1)C(=O)NS(=O)(=O)c1ccccc1. The summed E-state index contributed by atoms with van der Waals surface area (Å²) >= 11 is 0. The molecule has 0 radical (unpaired) electrons. The average molecular weight is 784 g/mol. The highest BCUT2D eigenvalue weighted by molar-refractivity contribution is 7.90. The number of fused-ring (bicyclic) bond motifs is 1. The molecule has 5 amide bonds. The fraction of sp³-hybridized carbons (Fsp3) is 0.683. The van der Waals surface area contributed by atoms with Crippen LogP contribution in [0, 0.1) is 33.0 Å². The van der Waals surface area contributed by atoms with E-state index >= 15 is 4.79 Å². The normalized spacial score (nSPS) is 27.7. The van der Waals surface area contributed by atoms with E-state index in [1.54, 1.807) is 85.4 Å². The fourth-order valence-corrected chi connectivity index (χ4v) is 11.1. The quantitative estimate of drug-likeness (QED) is 0.237. The maximum Gasteiger partial charge on any atom is 0.408 e. The van der Waals surface area contributed by atoms with Gasteiger partial charge >= 0.3 is 6.09 Å². The first-order valence-electron chi connectivity index (χ1n) is 19.2. The number of benzene rings is 1. The van der Waals surface area contributed by atoms with E-state index < -0.39 is 91.1 Å². The van der Waals surface area contributed by atoms with E-state index in [1.165, 1.54) is 18.2 Å². The molecular formula is C41H61N5O8S. The number of likely N-dealkylation sites (tertiary alicyclic amines) is 1. The van der Waals surface area contributed by atoms with E-state index in [9.17, 15) is 32.7 Å². The molecule has 1 aliphatic heterocycles. The van der Waals surface area contributed by atoms with Crippen LogP contribution in [0.4, 0.5) is 4.79 Å². The van der Waals surface area contributed by atoms with Crippen LogP contribution in [0.15, 0.2) is 47.9 Å². The number of amides is 5. The average Bonchev–Trinajstić information content (AvgIpc) is 3.75. The Morgan fingerprint density at radius 2 is 1.51 bits per heavy atom. The van der Waals surface area contributed by atoms with Crippen LogP contribution >= 0.6 is 0 Å². The van der Waals surface area contributed by atoms with Crippen molar-refractivity contribution in [2.75, 3.05) is 6.54 Å². The smallest absolute Gasteiger partial charge is 0.408 e. The lowest BCUT2D eigenvalue weighted by atomic mass is 9.73. The lowest BCUT2D eigenvalue weighted by Gasteiger charge is -2.45. The Bertz CT molecular complexity index is 1870. The molecule has 1 aromatic rings. The number of carbonyl (C=O) groups is 5. The van der Waals surface area contributed by atoms with E-state index in [0.717, 1.165) is 24.2 Å². The van der Waals surface area contributed by atoms with Gasteiger partial charge in [0.1, 0.15) is 23.7 Å². The van der Waals surface area contributed by atoms with E-state index in [0.29, 0.717) is 6.42 Å². The minimum atomic E-state index is -4.26. The molecule has 1 aromatic carbocycles. The number of rotatable bonds is 10. The molecule has 55 heavy (non-hydrogen) atoms. The second-order valence-corrected chi connectivity index (χ2v) is 21.7. The fourth-order valence-electron chi connectivity index (χ4n) is 9.99. The maximum absolute atomic E-state index is 15.1. The van der Waals surface area contributed by atoms with Gasteiger partial charge in [0.25, 0.3) is 15.9 Å². The number of carbonyl (C=O) groups excluding carboxylic acids is 4. The molecule has 4 aliphatic rings. The van der Waals surface area contributed by atoms with E-state index in [2.05, 4.69) is 35.8 Å². The van der Waals surface area contributed by atoms with Gasteiger partial charge in [-0.05, 0) is 80.2 Å². The van der Waals surface area contributed by atoms with Crippen molar-refractivity contribution in [2.24, 2.45) is 33.0 Å². The van der Waals surface area contributed by atoms with Crippen LogP contribution in [0.2, 0.25) is 0 Å². The molecule has 4 fully saturated rings. The Hall–Kier alpha value is -3.94. The van der Waals surface area contributed by atoms with Crippen molar-refractivity contribution in [1.82, 2.24) is 25.2 Å². The van der Waals surface area contributed by atoms with Crippen LogP contribution in [-0.2, 0) is 29.2 Å². The highest BCUT2D eigenvalue weighted by atomic mass is 32.2. The standard InChI is InChI=1S/C41H61N5O8S/c1-13-25-22-41(25,33(50)44-55(53,54)26-18-15-14-16-19-26)43-30(47)27-23-40(38(11,12)39(40)20-17-21-39)24-45(27)32(49)28(35(2,3)4)42-31(48)29(36(5,6)7)46(34(51)52)37(8,9)10/h13-16,18-19,25,27-29H,1,17,20-24H2,2-12H3,(H,42,48)(H,43,47)(H,44,50)(H,51,52)/t25-,27+,28?,29-,40-,41?/m1/s1. The summed E-state index contributed by atoms with van der Waals surface area (Å²) in [5, 5.41) is 16.1. The van der Waals surface area contributed by atoms with Gasteiger partial charge in [-0.3, -0.25) is 24.1 Å². The van der Waals surface area contributed by atoms with Crippen LogP contribution in [0.25, 0.3) is 0 Å². The zero-order valence-electron chi connectivity index (χ0n) is 34.3. The van der Waals surface area contributed by atoms with Gasteiger partial charge in [-0.2, -0.15) is 0 Å². The van der Waals surface area contributed by atoms with Gasteiger partial charge in [-0.15, -0.1) is 6.58 Å². The predicted molar refractivity (Wildman–Crippen MR) is 208 cm³/mol. The van der Waals surface area contributed by atoms with Crippen LogP contribution < -0.4 is 15.4 Å². The highest BCUT2D eigenvalue weighted by Gasteiger charge is 2.85. The van der Waals surface area contributed by atoms with Crippen molar-refractivity contribution in [3.8, 4) is 0 Å². The molecule has 1 heterocycles. The lowest BCUT2D eigenvalue weighted by Crippen LogP contribution is -2.65. The largest absolute Gasteiger partial charge is 0.465 e. The summed E-state index contributed by atoms with van der Waals surface area (Å²) in [4.78, 5) is 73.1. The van der Waals surface area contributed by atoms with Gasteiger partial charge in [-0.1, -0.05) is 86.1 Å². The molecule has 2 spiro atoms. The van der Waals surface area contributed by atoms with Crippen LogP contribution in [0.1, 0.15) is 108 Å². The molecule has 2 unspecified atom stereocenters. The summed E-state index contributed by atoms with van der Waals surface area (Å²) in [6, 6.07) is 4.12. The Labute approximate surface area is 326 Å². The number of carboxylic acid groups (broad SMARTS) is 1. The topological polar surface area (TPSA) is 182 Å². The van der Waals surface area contributed by atoms with Crippen molar-refractivity contribution in [3.63, 3.8) is 0 Å². The van der Waals surface area contributed by atoms with Gasteiger partial charge in [0.15, 0.2) is 0 Å². The molecule has 13 nitrogen and oxygen atoms in total. The summed E-state index contributed by atoms with van der Waals surface area (Å²) in [6.45, 7) is 24.3. The van der Waals surface area contributed by atoms with Crippen molar-refractivity contribution >= 4 is 39.7 Å². The number of nitrogens with one attached hydrogen (secondary N) is 3. The number of sulfonamides is 1. The molecule has 6 atom stereocenters. The van der Waals surface area contributed by atoms with Crippen molar-refractivity contribution in [1.29, 1.82) is 0 Å². The van der Waals surface area contributed by atoms with Gasteiger partial charge in [0.2, 0.25) is 17.7 Å². The lowest BCUT2D eigenvalue weighted by molar-refractivity contribution is -0.146. The van der Waals surface area contributed by atoms with Crippen LogP contribution in [-0.4, -0.2) is 88.8 Å².